The van der Waals surface area contributed by atoms with Gasteiger partial charge in [0.05, 0.1) is 6.54 Å². The highest BCUT2D eigenvalue weighted by molar-refractivity contribution is 5.84. The van der Waals surface area contributed by atoms with E-state index in [1.54, 1.807) is 7.05 Å². The zero-order valence-corrected chi connectivity index (χ0v) is 6.39. The molecule has 0 spiro atoms. The Balaban J connectivity index is 3.38. The van der Waals surface area contributed by atoms with Gasteiger partial charge < -0.3 is 0 Å². The van der Waals surface area contributed by atoms with Crippen LogP contribution in [0.15, 0.2) is 9.98 Å². The highest BCUT2D eigenvalue weighted by Crippen LogP contribution is 1.77. The standard InChI is InChI=1S/C7H14N2/c1-4-5-9-6-7(2)8-3/h5H,4,6H2,1-3H3. The van der Waals surface area contributed by atoms with Gasteiger partial charge in [0, 0.05) is 12.8 Å². The maximum absolute atomic E-state index is 4.10. The number of nitrogens with zero attached hydrogens (tertiary/aromatic N) is 2. The molecule has 2 nitrogen and oxygen atoms in total. The molecule has 0 aromatic heterocycles. The van der Waals surface area contributed by atoms with Crippen LogP contribution in [0.5, 0.6) is 0 Å². The molecule has 0 heterocycles. The Morgan fingerprint density at radius 2 is 2.22 bits per heavy atom. The third-order valence-electron chi connectivity index (χ3n) is 1.01. The van der Waals surface area contributed by atoms with Crippen molar-refractivity contribution in [1.82, 2.24) is 0 Å². The third kappa shape index (κ3) is 5.21. The van der Waals surface area contributed by atoms with Gasteiger partial charge in [-0.05, 0) is 19.6 Å². The van der Waals surface area contributed by atoms with Gasteiger partial charge in [0.25, 0.3) is 0 Å². The second-order valence-corrected chi connectivity index (χ2v) is 1.89. The Bertz CT molecular complexity index is 114. The van der Waals surface area contributed by atoms with Crippen molar-refractivity contribution in [3.8, 4) is 0 Å². The molecule has 0 radical (unpaired) electrons. The highest BCUT2D eigenvalue weighted by atomic mass is 14.8. The minimum absolute atomic E-state index is 0.754. The van der Waals surface area contributed by atoms with Crippen molar-refractivity contribution in [3.05, 3.63) is 0 Å². The van der Waals surface area contributed by atoms with E-state index in [4.69, 9.17) is 0 Å². The van der Waals surface area contributed by atoms with Crippen molar-refractivity contribution >= 4 is 11.9 Å². The van der Waals surface area contributed by atoms with Gasteiger partial charge in [0.2, 0.25) is 0 Å². The van der Waals surface area contributed by atoms with Gasteiger partial charge in [-0.2, -0.15) is 0 Å². The SMILES string of the molecule is CCC=NCC(C)=NC. The van der Waals surface area contributed by atoms with E-state index in [0.717, 1.165) is 18.7 Å². The molecule has 9 heavy (non-hydrogen) atoms. The third-order valence-corrected chi connectivity index (χ3v) is 1.01. The first-order valence-electron chi connectivity index (χ1n) is 3.21. The lowest BCUT2D eigenvalue weighted by molar-refractivity contribution is 1.22. The molecule has 0 unspecified atom stereocenters. The topological polar surface area (TPSA) is 24.7 Å². The van der Waals surface area contributed by atoms with Crippen LogP contribution >= 0.6 is 0 Å². The summed E-state index contributed by atoms with van der Waals surface area (Å²) in [5.41, 5.74) is 1.08. The molecule has 0 fully saturated rings. The predicted octanol–water partition coefficient (Wildman–Crippen LogP) is 1.56. The van der Waals surface area contributed by atoms with Crippen LogP contribution in [0.3, 0.4) is 0 Å². The Morgan fingerprint density at radius 1 is 1.56 bits per heavy atom. The molecule has 0 aliphatic carbocycles. The lowest BCUT2D eigenvalue weighted by atomic mass is 10.4. The maximum atomic E-state index is 4.10. The van der Waals surface area contributed by atoms with Gasteiger partial charge >= 0.3 is 0 Å². The van der Waals surface area contributed by atoms with Gasteiger partial charge in [0.1, 0.15) is 0 Å². The Kier molecular flexibility index (Phi) is 5.07. The summed E-state index contributed by atoms with van der Waals surface area (Å²) in [6.45, 7) is 4.80. The van der Waals surface area contributed by atoms with Crippen LogP contribution < -0.4 is 0 Å². The molecule has 0 rings (SSSR count). The van der Waals surface area contributed by atoms with Crippen LogP contribution in [0.1, 0.15) is 20.3 Å². The van der Waals surface area contributed by atoms with Crippen LogP contribution in [0.4, 0.5) is 0 Å². The molecular formula is C7H14N2. The van der Waals surface area contributed by atoms with Crippen LogP contribution in [0, 0.1) is 0 Å². The Morgan fingerprint density at radius 3 is 2.67 bits per heavy atom. The first kappa shape index (κ1) is 8.34. The van der Waals surface area contributed by atoms with Gasteiger partial charge in [-0.1, -0.05) is 6.92 Å². The molecule has 0 saturated heterocycles. The Labute approximate surface area is 56.7 Å². The fourth-order valence-corrected chi connectivity index (χ4v) is 0.396. The first-order valence-corrected chi connectivity index (χ1v) is 3.21. The molecule has 0 amide bonds. The molecule has 0 saturated carbocycles. The number of hydrogen-bond donors (Lipinski definition) is 0. The minimum atomic E-state index is 0.754. The summed E-state index contributed by atoms with van der Waals surface area (Å²) in [5, 5.41) is 0. The van der Waals surface area contributed by atoms with Gasteiger partial charge in [-0.3, -0.25) is 9.98 Å². The van der Waals surface area contributed by atoms with Crippen molar-refractivity contribution in [2.24, 2.45) is 9.98 Å². The number of rotatable bonds is 3. The van der Waals surface area contributed by atoms with E-state index in [9.17, 15) is 0 Å². The lowest BCUT2D eigenvalue weighted by Crippen LogP contribution is -1.95. The minimum Gasteiger partial charge on any atom is -0.296 e. The fourth-order valence-electron chi connectivity index (χ4n) is 0.396. The summed E-state index contributed by atoms with van der Waals surface area (Å²) < 4.78 is 0. The van der Waals surface area contributed by atoms with E-state index < -0.39 is 0 Å². The van der Waals surface area contributed by atoms with Crippen molar-refractivity contribution < 1.29 is 0 Å². The second-order valence-electron chi connectivity index (χ2n) is 1.89. The molecule has 2 heteroatoms. The summed E-state index contributed by atoms with van der Waals surface area (Å²) in [5.74, 6) is 0. The zero-order chi connectivity index (χ0) is 7.11. The van der Waals surface area contributed by atoms with Gasteiger partial charge in [0.15, 0.2) is 0 Å². The smallest absolute Gasteiger partial charge is 0.0761 e. The van der Waals surface area contributed by atoms with E-state index in [-0.39, 0.29) is 0 Å². The van der Waals surface area contributed by atoms with Crippen LogP contribution in [-0.2, 0) is 0 Å². The van der Waals surface area contributed by atoms with E-state index in [1.165, 1.54) is 0 Å². The first-order chi connectivity index (χ1) is 4.31. The molecular weight excluding hydrogens is 112 g/mol. The zero-order valence-electron chi connectivity index (χ0n) is 6.39. The highest BCUT2D eigenvalue weighted by Gasteiger charge is 1.81. The summed E-state index contributed by atoms with van der Waals surface area (Å²) in [4.78, 5) is 8.07. The monoisotopic (exact) mass is 126 g/mol. The largest absolute Gasteiger partial charge is 0.296 e. The molecule has 0 atom stereocenters. The van der Waals surface area contributed by atoms with Gasteiger partial charge in [-0.15, -0.1) is 0 Å². The average Bonchev–Trinajstić information content (AvgIpc) is 1.89. The van der Waals surface area contributed by atoms with E-state index in [2.05, 4.69) is 16.9 Å². The summed E-state index contributed by atoms with van der Waals surface area (Å²) in [6.07, 6.45) is 2.92. The molecule has 0 N–H and O–H groups in total. The van der Waals surface area contributed by atoms with Crippen LogP contribution in [0.25, 0.3) is 0 Å². The summed E-state index contributed by atoms with van der Waals surface area (Å²) in [7, 11) is 1.79. The van der Waals surface area contributed by atoms with Gasteiger partial charge in [-0.25, -0.2) is 0 Å². The normalized spacial score (nSPS) is 13.0. The van der Waals surface area contributed by atoms with Crippen molar-refractivity contribution in [2.75, 3.05) is 13.6 Å². The molecule has 0 bridgehead atoms. The van der Waals surface area contributed by atoms with E-state index >= 15 is 0 Å². The Hall–Kier alpha value is -0.660. The van der Waals surface area contributed by atoms with Crippen LogP contribution in [0.2, 0.25) is 0 Å². The number of aliphatic imine (C=N–C) groups is 2. The average molecular weight is 126 g/mol. The fraction of sp³-hybridized carbons (Fsp3) is 0.714. The van der Waals surface area contributed by atoms with Crippen molar-refractivity contribution in [1.29, 1.82) is 0 Å². The molecule has 52 valence electrons. The lowest BCUT2D eigenvalue weighted by Gasteiger charge is -1.89. The van der Waals surface area contributed by atoms with Crippen molar-refractivity contribution in [3.63, 3.8) is 0 Å². The molecule has 0 aliphatic rings. The summed E-state index contributed by atoms with van der Waals surface area (Å²) >= 11 is 0. The second kappa shape index (κ2) is 5.48. The van der Waals surface area contributed by atoms with Crippen molar-refractivity contribution in [2.45, 2.75) is 20.3 Å². The predicted molar refractivity (Wildman–Crippen MR) is 42.7 cm³/mol. The quantitative estimate of drug-likeness (QED) is 0.513. The van der Waals surface area contributed by atoms with Crippen LogP contribution in [-0.4, -0.2) is 25.5 Å². The van der Waals surface area contributed by atoms with E-state index in [0.29, 0.717) is 0 Å². The molecule has 0 aromatic carbocycles. The maximum Gasteiger partial charge on any atom is 0.0761 e. The van der Waals surface area contributed by atoms with E-state index in [1.807, 2.05) is 13.1 Å². The summed E-state index contributed by atoms with van der Waals surface area (Å²) in [6, 6.07) is 0. The number of hydrogen-bond acceptors (Lipinski definition) is 2. The molecule has 0 aromatic rings. The molecule has 0 aliphatic heterocycles.